The highest BCUT2D eigenvalue weighted by molar-refractivity contribution is 5.37. The molecule has 20 heavy (non-hydrogen) atoms. The van der Waals surface area contributed by atoms with Crippen LogP contribution in [-0.2, 0) is 13.5 Å². The quantitative estimate of drug-likeness (QED) is 0.932. The minimum Gasteiger partial charge on any atom is -0.497 e. The van der Waals surface area contributed by atoms with Crippen LogP contribution in [0.15, 0.2) is 18.2 Å². The van der Waals surface area contributed by atoms with Gasteiger partial charge in [-0.05, 0) is 49.6 Å². The molecule has 0 saturated carbocycles. The molecule has 1 heterocycles. The van der Waals surface area contributed by atoms with E-state index in [1.165, 1.54) is 0 Å². The van der Waals surface area contributed by atoms with Crippen molar-refractivity contribution in [2.45, 2.75) is 33.3 Å². The second-order valence-electron chi connectivity index (χ2n) is 5.22. The van der Waals surface area contributed by atoms with Crippen molar-refractivity contribution in [1.29, 1.82) is 0 Å². The zero-order valence-corrected chi connectivity index (χ0v) is 12.8. The van der Waals surface area contributed by atoms with Gasteiger partial charge in [0.15, 0.2) is 0 Å². The minimum atomic E-state index is -0.525. The van der Waals surface area contributed by atoms with Gasteiger partial charge in [0.1, 0.15) is 5.75 Å². The van der Waals surface area contributed by atoms with Gasteiger partial charge in [-0.25, -0.2) is 0 Å². The predicted octanol–water partition coefficient (Wildman–Crippen LogP) is 2.63. The topological polar surface area (TPSA) is 47.3 Å². The molecule has 1 unspecified atom stereocenters. The summed E-state index contributed by atoms with van der Waals surface area (Å²) in [6.07, 6.45) is 0.0566. The van der Waals surface area contributed by atoms with Crippen LogP contribution in [0.1, 0.15) is 34.2 Å². The van der Waals surface area contributed by atoms with Gasteiger partial charge in [0.2, 0.25) is 0 Å². The summed E-state index contributed by atoms with van der Waals surface area (Å²) < 4.78 is 7.05. The molecule has 1 N–H and O–H groups in total. The maximum Gasteiger partial charge on any atom is 0.119 e. The van der Waals surface area contributed by atoms with Gasteiger partial charge in [-0.15, -0.1) is 0 Å². The second kappa shape index (κ2) is 5.67. The zero-order valence-electron chi connectivity index (χ0n) is 12.8. The lowest BCUT2D eigenvalue weighted by molar-refractivity contribution is 0.177. The molecule has 108 valence electrons. The summed E-state index contributed by atoms with van der Waals surface area (Å²) in [6.45, 7) is 6.00. The largest absolute Gasteiger partial charge is 0.497 e. The molecule has 0 aliphatic carbocycles. The van der Waals surface area contributed by atoms with E-state index < -0.39 is 6.10 Å². The first kappa shape index (κ1) is 14.6. The van der Waals surface area contributed by atoms with Crippen LogP contribution >= 0.6 is 0 Å². The molecule has 0 bridgehead atoms. The number of aromatic nitrogens is 2. The van der Waals surface area contributed by atoms with Crippen LogP contribution in [-0.4, -0.2) is 22.0 Å². The molecular weight excluding hydrogens is 252 g/mol. The van der Waals surface area contributed by atoms with Crippen molar-refractivity contribution >= 4 is 0 Å². The fourth-order valence-electron chi connectivity index (χ4n) is 2.57. The Labute approximate surface area is 120 Å². The molecule has 2 rings (SSSR count). The van der Waals surface area contributed by atoms with Gasteiger partial charge >= 0.3 is 0 Å². The lowest BCUT2D eigenvalue weighted by Crippen LogP contribution is -2.06. The summed E-state index contributed by atoms with van der Waals surface area (Å²) >= 11 is 0. The second-order valence-corrected chi connectivity index (χ2v) is 5.22. The Morgan fingerprint density at radius 1 is 1.30 bits per heavy atom. The summed E-state index contributed by atoms with van der Waals surface area (Å²) in [6, 6.07) is 5.76. The van der Waals surface area contributed by atoms with E-state index in [0.29, 0.717) is 6.42 Å². The third kappa shape index (κ3) is 2.70. The van der Waals surface area contributed by atoms with E-state index in [4.69, 9.17) is 4.74 Å². The Kier molecular flexibility index (Phi) is 4.14. The number of aryl methyl sites for hydroxylation is 3. The van der Waals surface area contributed by atoms with Crippen LogP contribution in [0.5, 0.6) is 5.75 Å². The van der Waals surface area contributed by atoms with Crippen molar-refractivity contribution in [2.75, 3.05) is 7.11 Å². The van der Waals surface area contributed by atoms with Gasteiger partial charge in [-0.2, -0.15) is 5.10 Å². The average molecular weight is 274 g/mol. The van der Waals surface area contributed by atoms with Crippen molar-refractivity contribution in [1.82, 2.24) is 9.78 Å². The highest BCUT2D eigenvalue weighted by Crippen LogP contribution is 2.27. The molecule has 0 spiro atoms. The zero-order chi connectivity index (χ0) is 14.9. The number of benzene rings is 1. The number of aliphatic hydroxyl groups is 1. The van der Waals surface area contributed by atoms with Crippen molar-refractivity contribution in [2.24, 2.45) is 7.05 Å². The minimum absolute atomic E-state index is 0.525. The fraction of sp³-hybridized carbons (Fsp3) is 0.438. The molecule has 0 fully saturated rings. The van der Waals surface area contributed by atoms with E-state index in [1.54, 1.807) is 7.11 Å². The van der Waals surface area contributed by atoms with Crippen LogP contribution in [0.4, 0.5) is 0 Å². The molecule has 0 aliphatic rings. The maximum atomic E-state index is 10.5. The lowest BCUT2D eigenvalue weighted by atomic mass is 9.96. The summed E-state index contributed by atoms with van der Waals surface area (Å²) in [5, 5.41) is 14.9. The van der Waals surface area contributed by atoms with E-state index in [1.807, 2.05) is 50.7 Å². The van der Waals surface area contributed by atoms with Crippen molar-refractivity contribution in [3.05, 3.63) is 46.3 Å². The number of nitrogens with zero attached hydrogens (tertiary/aromatic N) is 2. The van der Waals surface area contributed by atoms with E-state index in [9.17, 15) is 5.11 Å². The van der Waals surface area contributed by atoms with E-state index >= 15 is 0 Å². The first-order chi connectivity index (χ1) is 9.43. The molecule has 0 aliphatic heterocycles. The van der Waals surface area contributed by atoms with Crippen molar-refractivity contribution in [3.8, 4) is 5.75 Å². The molecule has 0 amide bonds. The smallest absolute Gasteiger partial charge is 0.119 e. The van der Waals surface area contributed by atoms with Gasteiger partial charge < -0.3 is 9.84 Å². The number of aliphatic hydroxyl groups excluding tert-OH is 1. The standard InChI is InChI=1S/C16H22N2O2/c1-10-8-13(20-5)6-7-14(10)16(19)9-15-11(2)17-18(4)12(15)3/h6-8,16,19H,9H2,1-5H3. The molecule has 4 heteroatoms. The van der Waals surface area contributed by atoms with Crippen LogP contribution in [0.3, 0.4) is 0 Å². The average Bonchev–Trinajstić information content (AvgIpc) is 2.65. The Bertz CT molecular complexity index is 617. The van der Waals surface area contributed by atoms with Gasteiger partial charge in [0.05, 0.1) is 18.9 Å². The van der Waals surface area contributed by atoms with Gasteiger partial charge in [-0.3, -0.25) is 4.68 Å². The maximum absolute atomic E-state index is 10.5. The monoisotopic (exact) mass is 274 g/mol. The van der Waals surface area contributed by atoms with Gasteiger partial charge in [-0.1, -0.05) is 6.07 Å². The number of ether oxygens (including phenoxy) is 1. The summed E-state index contributed by atoms with van der Waals surface area (Å²) in [5.41, 5.74) is 5.18. The van der Waals surface area contributed by atoms with Crippen LogP contribution < -0.4 is 4.74 Å². The Hall–Kier alpha value is -1.81. The normalized spacial score (nSPS) is 12.5. The van der Waals surface area contributed by atoms with E-state index in [-0.39, 0.29) is 0 Å². The number of hydrogen-bond donors (Lipinski definition) is 1. The fourth-order valence-corrected chi connectivity index (χ4v) is 2.57. The third-order valence-corrected chi connectivity index (χ3v) is 3.89. The van der Waals surface area contributed by atoms with E-state index in [0.717, 1.165) is 33.8 Å². The predicted molar refractivity (Wildman–Crippen MR) is 79.1 cm³/mol. The number of methoxy groups -OCH3 is 1. The first-order valence-electron chi connectivity index (χ1n) is 6.75. The molecule has 1 aromatic heterocycles. The molecule has 4 nitrogen and oxygen atoms in total. The molecule has 0 saturated heterocycles. The Balaban J connectivity index is 2.26. The van der Waals surface area contributed by atoms with Crippen molar-refractivity contribution in [3.63, 3.8) is 0 Å². The highest BCUT2D eigenvalue weighted by atomic mass is 16.5. The first-order valence-corrected chi connectivity index (χ1v) is 6.75. The molecule has 1 aromatic carbocycles. The summed E-state index contributed by atoms with van der Waals surface area (Å²) in [4.78, 5) is 0. The van der Waals surface area contributed by atoms with E-state index in [2.05, 4.69) is 5.10 Å². The summed E-state index contributed by atoms with van der Waals surface area (Å²) in [5.74, 6) is 0.812. The SMILES string of the molecule is COc1ccc(C(O)Cc2c(C)nn(C)c2C)c(C)c1. The molecule has 1 atom stereocenters. The van der Waals surface area contributed by atoms with Crippen LogP contribution in [0, 0.1) is 20.8 Å². The van der Waals surface area contributed by atoms with Crippen molar-refractivity contribution < 1.29 is 9.84 Å². The third-order valence-electron chi connectivity index (χ3n) is 3.89. The highest BCUT2D eigenvalue weighted by Gasteiger charge is 2.17. The Morgan fingerprint density at radius 2 is 2.00 bits per heavy atom. The number of rotatable bonds is 4. The summed E-state index contributed by atoms with van der Waals surface area (Å²) in [7, 11) is 3.57. The molecule has 0 radical (unpaired) electrons. The van der Waals surface area contributed by atoms with Gasteiger partial charge in [0.25, 0.3) is 0 Å². The van der Waals surface area contributed by atoms with Crippen LogP contribution in [0.2, 0.25) is 0 Å². The molecular formula is C16H22N2O2. The number of hydrogen-bond acceptors (Lipinski definition) is 3. The Morgan fingerprint density at radius 3 is 2.50 bits per heavy atom. The molecule has 2 aromatic rings. The lowest BCUT2D eigenvalue weighted by Gasteiger charge is -2.15. The van der Waals surface area contributed by atoms with Crippen LogP contribution in [0.25, 0.3) is 0 Å². The van der Waals surface area contributed by atoms with Gasteiger partial charge in [0, 0.05) is 19.2 Å².